The number of nitrogens with zero attached hydrogens (tertiary/aromatic N) is 1. The minimum atomic E-state index is -2.47. The predicted octanol–water partition coefficient (Wildman–Crippen LogP) is 7.04. The summed E-state index contributed by atoms with van der Waals surface area (Å²) in [7, 11) is 0. The van der Waals surface area contributed by atoms with Crippen molar-refractivity contribution in [3.8, 4) is 0 Å². The molecule has 33 heavy (non-hydrogen) atoms. The number of ether oxygens (including phenoxy) is 2. The van der Waals surface area contributed by atoms with Crippen LogP contribution in [0, 0.1) is 40.4 Å². The Labute approximate surface area is 196 Å². The van der Waals surface area contributed by atoms with Gasteiger partial charge in [0.05, 0.1) is 13.2 Å². The molecule has 5 aliphatic rings. The molecule has 1 spiro atoms. The van der Waals surface area contributed by atoms with Gasteiger partial charge in [-0.25, -0.2) is 8.78 Å². The zero-order chi connectivity index (χ0) is 23.0. The molecule has 0 bridgehead atoms. The van der Waals surface area contributed by atoms with Gasteiger partial charge < -0.3 is 9.47 Å². The maximum atomic E-state index is 13.3. The second kappa shape index (κ2) is 7.58. The van der Waals surface area contributed by atoms with E-state index in [2.05, 4.69) is 31.8 Å². The lowest BCUT2D eigenvalue weighted by Crippen LogP contribution is -2.59. The van der Waals surface area contributed by atoms with Crippen molar-refractivity contribution in [2.75, 3.05) is 13.2 Å². The number of pyridine rings is 1. The van der Waals surface area contributed by atoms with Crippen molar-refractivity contribution < 1.29 is 18.3 Å². The first-order chi connectivity index (χ1) is 15.8. The Hall–Kier alpha value is -1.33. The van der Waals surface area contributed by atoms with Gasteiger partial charge in [-0.15, -0.1) is 0 Å². The maximum absolute atomic E-state index is 13.3. The monoisotopic (exact) mass is 457 g/mol. The van der Waals surface area contributed by atoms with Gasteiger partial charge in [-0.1, -0.05) is 26.8 Å². The van der Waals surface area contributed by atoms with Crippen LogP contribution in [0.5, 0.6) is 0 Å². The van der Waals surface area contributed by atoms with Crippen LogP contribution in [0.2, 0.25) is 0 Å². The molecule has 180 valence electrons. The standard InChI is InChI=1S/C28H37F2NO2/c1-17-21-5-4-20-23-7-6-22(18-14-19(25(29)30)16-31-15-18)26(23,2)9-8-24(20)27(21,3)10-11-28(17)32-12-13-33-28/h6,14-17,20-21,23-25H,4-5,7-13H2,1-3H3. The number of fused-ring (bicyclic) bond motifs is 5. The Morgan fingerprint density at radius 1 is 0.970 bits per heavy atom. The van der Waals surface area contributed by atoms with E-state index in [-0.39, 0.29) is 16.8 Å². The van der Waals surface area contributed by atoms with Crippen molar-refractivity contribution in [2.45, 2.75) is 77.9 Å². The summed E-state index contributed by atoms with van der Waals surface area (Å²) in [5.74, 6) is 2.78. The Balaban J connectivity index is 1.27. The molecule has 5 heteroatoms. The van der Waals surface area contributed by atoms with E-state index in [1.807, 2.05) is 0 Å². The van der Waals surface area contributed by atoms with E-state index in [0.717, 1.165) is 44.0 Å². The molecule has 4 aliphatic carbocycles. The fourth-order valence-electron chi connectivity index (χ4n) is 9.27. The van der Waals surface area contributed by atoms with E-state index >= 15 is 0 Å². The molecule has 2 heterocycles. The summed E-state index contributed by atoms with van der Waals surface area (Å²) in [6.45, 7) is 8.80. The molecule has 0 amide bonds. The van der Waals surface area contributed by atoms with Gasteiger partial charge in [-0.05, 0) is 90.2 Å². The molecule has 3 nitrogen and oxygen atoms in total. The van der Waals surface area contributed by atoms with Gasteiger partial charge in [0, 0.05) is 30.3 Å². The summed E-state index contributed by atoms with van der Waals surface area (Å²) >= 11 is 0. The molecule has 6 rings (SSSR count). The molecular formula is C28H37F2NO2. The zero-order valence-corrected chi connectivity index (χ0v) is 20.2. The molecule has 4 fully saturated rings. The summed E-state index contributed by atoms with van der Waals surface area (Å²) in [4.78, 5) is 4.16. The van der Waals surface area contributed by atoms with E-state index in [0.29, 0.717) is 29.1 Å². The van der Waals surface area contributed by atoms with Crippen LogP contribution in [0.1, 0.15) is 83.3 Å². The smallest absolute Gasteiger partial charge is 0.265 e. The lowest BCUT2D eigenvalue weighted by molar-refractivity contribution is -0.262. The van der Waals surface area contributed by atoms with Gasteiger partial charge in [0.15, 0.2) is 5.79 Å². The second-order valence-electron chi connectivity index (χ2n) is 12.0. The molecule has 7 unspecified atom stereocenters. The summed E-state index contributed by atoms with van der Waals surface area (Å²) < 4.78 is 39.1. The van der Waals surface area contributed by atoms with E-state index in [9.17, 15) is 8.78 Å². The minimum absolute atomic E-state index is 0.0311. The summed E-state index contributed by atoms with van der Waals surface area (Å²) in [6.07, 6.45) is 11.1. The summed E-state index contributed by atoms with van der Waals surface area (Å²) in [5.41, 5.74) is 2.59. The molecule has 1 aromatic rings. The van der Waals surface area contributed by atoms with Crippen LogP contribution >= 0.6 is 0 Å². The number of alkyl halides is 2. The van der Waals surface area contributed by atoms with Crippen LogP contribution < -0.4 is 0 Å². The average molecular weight is 458 g/mol. The van der Waals surface area contributed by atoms with Gasteiger partial charge >= 0.3 is 0 Å². The van der Waals surface area contributed by atoms with Crippen LogP contribution in [0.3, 0.4) is 0 Å². The number of halogens is 2. The van der Waals surface area contributed by atoms with Crippen molar-refractivity contribution >= 4 is 5.57 Å². The first kappa shape index (κ1) is 22.2. The molecular weight excluding hydrogens is 420 g/mol. The second-order valence-corrected chi connectivity index (χ2v) is 12.0. The zero-order valence-electron chi connectivity index (χ0n) is 20.2. The fourth-order valence-corrected chi connectivity index (χ4v) is 9.27. The van der Waals surface area contributed by atoms with Crippen LogP contribution in [-0.2, 0) is 9.47 Å². The first-order valence-electron chi connectivity index (χ1n) is 13.0. The molecule has 1 aliphatic heterocycles. The molecule has 7 atom stereocenters. The fraction of sp³-hybridized carbons (Fsp3) is 0.750. The Morgan fingerprint density at radius 3 is 2.52 bits per heavy atom. The third-order valence-corrected chi connectivity index (χ3v) is 10.9. The van der Waals surface area contributed by atoms with Gasteiger partial charge in [0.25, 0.3) is 6.43 Å². The third-order valence-electron chi connectivity index (χ3n) is 10.9. The van der Waals surface area contributed by atoms with Crippen LogP contribution in [-0.4, -0.2) is 24.0 Å². The van der Waals surface area contributed by atoms with E-state index in [1.54, 1.807) is 12.3 Å². The molecule has 0 radical (unpaired) electrons. The predicted molar refractivity (Wildman–Crippen MR) is 123 cm³/mol. The average Bonchev–Trinajstić information content (AvgIpc) is 3.42. The molecule has 1 aromatic heterocycles. The first-order valence-corrected chi connectivity index (χ1v) is 13.0. The lowest BCUT2D eigenvalue weighted by Gasteiger charge is -2.63. The Morgan fingerprint density at radius 2 is 1.76 bits per heavy atom. The van der Waals surface area contributed by atoms with Crippen molar-refractivity contribution in [2.24, 2.45) is 40.4 Å². The molecule has 0 N–H and O–H groups in total. The van der Waals surface area contributed by atoms with Gasteiger partial charge in [0.2, 0.25) is 0 Å². The van der Waals surface area contributed by atoms with Crippen LogP contribution in [0.15, 0.2) is 24.5 Å². The summed E-state index contributed by atoms with van der Waals surface area (Å²) in [6, 6.07) is 1.67. The van der Waals surface area contributed by atoms with Crippen molar-refractivity contribution in [1.29, 1.82) is 0 Å². The topological polar surface area (TPSA) is 31.4 Å². The van der Waals surface area contributed by atoms with Crippen molar-refractivity contribution in [3.05, 3.63) is 35.7 Å². The number of rotatable bonds is 2. The molecule has 1 saturated heterocycles. The van der Waals surface area contributed by atoms with E-state index < -0.39 is 6.43 Å². The van der Waals surface area contributed by atoms with Crippen LogP contribution in [0.4, 0.5) is 8.78 Å². The summed E-state index contributed by atoms with van der Waals surface area (Å²) in [5, 5.41) is 0. The highest BCUT2D eigenvalue weighted by Gasteiger charge is 2.63. The maximum Gasteiger partial charge on any atom is 0.265 e. The van der Waals surface area contributed by atoms with E-state index in [4.69, 9.17) is 9.47 Å². The highest BCUT2D eigenvalue weighted by Crippen LogP contribution is 2.69. The highest BCUT2D eigenvalue weighted by atomic mass is 19.3. The number of hydrogen-bond acceptors (Lipinski definition) is 3. The lowest BCUT2D eigenvalue weighted by atomic mass is 9.43. The van der Waals surface area contributed by atoms with Gasteiger partial charge in [-0.2, -0.15) is 0 Å². The number of hydrogen-bond donors (Lipinski definition) is 0. The third kappa shape index (κ3) is 3.07. The Kier molecular flexibility index (Phi) is 5.09. The van der Waals surface area contributed by atoms with Crippen molar-refractivity contribution in [1.82, 2.24) is 4.98 Å². The molecule has 0 aromatic carbocycles. The SMILES string of the molecule is CC1C2CCC3C4CC=C(c5cncc(C(F)F)c5)C4(C)CCC3C2(C)CCC12OCCO2. The van der Waals surface area contributed by atoms with Crippen LogP contribution in [0.25, 0.3) is 5.57 Å². The largest absolute Gasteiger partial charge is 0.347 e. The van der Waals surface area contributed by atoms with Crippen molar-refractivity contribution in [3.63, 3.8) is 0 Å². The number of aromatic nitrogens is 1. The quantitative estimate of drug-likeness (QED) is 0.477. The van der Waals surface area contributed by atoms with Gasteiger partial charge in [-0.3, -0.25) is 4.98 Å². The minimum Gasteiger partial charge on any atom is -0.347 e. The Bertz CT molecular complexity index is 957. The normalized spacial score (nSPS) is 43.8. The molecule has 3 saturated carbocycles. The van der Waals surface area contributed by atoms with E-state index in [1.165, 1.54) is 37.5 Å². The van der Waals surface area contributed by atoms with Gasteiger partial charge in [0.1, 0.15) is 0 Å². The highest BCUT2D eigenvalue weighted by molar-refractivity contribution is 5.72. The number of allylic oxidation sites excluding steroid dienone is 2.